The number of ether oxygens (including phenoxy) is 1. The normalized spacial score (nSPS) is 17.3. The third-order valence-corrected chi connectivity index (χ3v) is 5.10. The molecule has 140 valence electrons. The maximum atomic E-state index is 14.4. The zero-order valence-corrected chi connectivity index (χ0v) is 15.7. The van der Waals surface area contributed by atoms with Crippen molar-refractivity contribution in [3.63, 3.8) is 0 Å². The zero-order chi connectivity index (χ0) is 19.6. The van der Waals surface area contributed by atoms with Crippen molar-refractivity contribution < 1.29 is 18.7 Å². The second kappa shape index (κ2) is 7.74. The van der Waals surface area contributed by atoms with Gasteiger partial charge in [0.25, 0.3) is 0 Å². The minimum Gasteiger partial charge on any atom is -0.466 e. The predicted molar refractivity (Wildman–Crippen MR) is 100 cm³/mol. The molecular weight excluding hydrogens is 345 g/mol. The van der Waals surface area contributed by atoms with Crippen molar-refractivity contribution in [2.45, 2.75) is 32.7 Å². The third-order valence-electron chi connectivity index (χ3n) is 5.10. The summed E-state index contributed by atoms with van der Waals surface area (Å²) in [6, 6.07) is 14.0. The Morgan fingerprint density at radius 2 is 1.81 bits per heavy atom. The van der Waals surface area contributed by atoms with Gasteiger partial charge in [-0.15, -0.1) is 0 Å². The average molecular weight is 367 g/mol. The van der Waals surface area contributed by atoms with Gasteiger partial charge < -0.3 is 9.64 Å². The Bertz CT molecular complexity index is 919. The van der Waals surface area contributed by atoms with E-state index in [4.69, 9.17) is 4.74 Å². The molecule has 0 spiro atoms. The lowest BCUT2D eigenvalue weighted by Gasteiger charge is -2.34. The van der Waals surface area contributed by atoms with Gasteiger partial charge in [-0.05, 0) is 36.6 Å². The van der Waals surface area contributed by atoms with Crippen LogP contribution >= 0.6 is 0 Å². The lowest BCUT2D eigenvalue weighted by molar-refractivity contribution is -0.138. The van der Waals surface area contributed by atoms with Crippen molar-refractivity contribution in [2.75, 3.05) is 7.11 Å². The SMILES string of the molecule is COC(=O)C1=C(C)N(Cc2ccccc2C)C(=O)CC1c1ccccc1F. The predicted octanol–water partition coefficient (Wildman–Crippen LogP) is 4.10. The van der Waals surface area contributed by atoms with Gasteiger partial charge in [-0.3, -0.25) is 4.79 Å². The van der Waals surface area contributed by atoms with E-state index in [-0.39, 0.29) is 12.3 Å². The maximum Gasteiger partial charge on any atom is 0.336 e. The van der Waals surface area contributed by atoms with E-state index in [1.54, 1.807) is 30.0 Å². The Labute approximate surface area is 158 Å². The molecule has 1 atom stereocenters. The number of benzene rings is 2. The second-order valence-electron chi connectivity index (χ2n) is 6.68. The van der Waals surface area contributed by atoms with Crippen molar-refractivity contribution in [3.8, 4) is 0 Å². The fourth-order valence-corrected chi connectivity index (χ4v) is 3.56. The number of rotatable bonds is 4. The molecule has 3 rings (SSSR count). The number of methoxy groups -OCH3 is 1. The minimum absolute atomic E-state index is 0.0224. The van der Waals surface area contributed by atoms with Crippen molar-refractivity contribution in [2.24, 2.45) is 0 Å². The molecule has 27 heavy (non-hydrogen) atoms. The molecule has 1 amide bonds. The molecule has 1 aliphatic heterocycles. The van der Waals surface area contributed by atoms with Gasteiger partial charge in [-0.1, -0.05) is 42.5 Å². The number of halogens is 1. The van der Waals surface area contributed by atoms with E-state index in [0.717, 1.165) is 11.1 Å². The maximum absolute atomic E-state index is 14.4. The molecule has 2 aromatic rings. The van der Waals surface area contributed by atoms with Gasteiger partial charge >= 0.3 is 5.97 Å². The van der Waals surface area contributed by atoms with Crippen molar-refractivity contribution >= 4 is 11.9 Å². The highest BCUT2D eigenvalue weighted by atomic mass is 19.1. The number of aryl methyl sites for hydroxylation is 1. The van der Waals surface area contributed by atoms with Crippen LogP contribution in [0.2, 0.25) is 0 Å². The monoisotopic (exact) mass is 367 g/mol. The fraction of sp³-hybridized carbons (Fsp3) is 0.273. The Morgan fingerprint density at radius 1 is 1.15 bits per heavy atom. The molecule has 4 nitrogen and oxygen atoms in total. The van der Waals surface area contributed by atoms with Gasteiger partial charge in [0.2, 0.25) is 5.91 Å². The van der Waals surface area contributed by atoms with Gasteiger partial charge in [0.1, 0.15) is 5.82 Å². The van der Waals surface area contributed by atoms with E-state index >= 15 is 0 Å². The highest BCUT2D eigenvalue weighted by Gasteiger charge is 2.37. The van der Waals surface area contributed by atoms with Crippen LogP contribution in [0.5, 0.6) is 0 Å². The number of carbonyl (C=O) groups excluding carboxylic acids is 2. The molecule has 0 bridgehead atoms. The largest absolute Gasteiger partial charge is 0.466 e. The summed E-state index contributed by atoms with van der Waals surface area (Å²) < 4.78 is 19.3. The first-order chi connectivity index (χ1) is 12.9. The number of hydrogen-bond donors (Lipinski definition) is 0. The molecule has 1 aliphatic rings. The van der Waals surface area contributed by atoms with Crippen LogP contribution in [-0.4, -0.2) is 23.9 Å². The molecule has 1 heterocycles. The van der Waals surface area contributed by atoms with Gasteiger partial charge in [0.05, 0.1) is 19.2 Å². The lowest BCUT2D eigenvalue weighted by atomic mass is 9.83. The summed E-state index contributed by atoms with van der Waals surface area (Å²) in [5.41, 5.74) is 3.24. The van der Waals surface area contributed by atoms with E-state index in [9.17, 15) is 14.0 Å². The first kappa shape index (κ1) is 18.8. The van der Waals surface area contributed by atoms with Crippen LogP contribution in [0.1, 0.15) is 36.0 Å². The number of nitrogens with zero attached hydrogens (tertiary/aromatic N) is 1. The summed E-state index contributed by atoms with van der Waals surface area (Å²) in [7, 11) is 1.29. The quantitative estimate of drug-likeness (QED) is 0.765. The molecule has 0 radical (unpaired) electrons. The highest BCUT2D eigenvalue weighted by Crippen LogP contribution is 2.38. The lowest BCUT2D eigenvalue weighted by Crippen LogP contribution is -2.38. The van der Waals surface area contributed by atoms with E-state index in [1.165, 1.54) is 13.2 Å². The molecular formula is C22H22FNO3. The molecule has 0 aromatic heterocycles. The Hall–Kier alpha value is -2.95. The number of amides is 1. The van der Waals surface area contributed by atoms with Gasteiger partial charge in [0.15, 0.2) is 0 Å². The van der Waals surface area contributed by atoms with Crippen molar-refractivity contribution in [1.29, 1.82) is 0 Å². The molecule has 0 N–H and O–H groups in total. The van der Waals surface area contributed by atoms with E-state index in [2.05, 4.69) is 0 Å². The minimum atomic E-state index is -0.653. The molecule has 0 fully saturated rings. The Kier molecular flexibility index (Phi) is 5.40. The van der Waals surface area contributed by atoms with E-state index in [0.29, 0.717) is 23.4 Å². The molecule has 1 unspecified atom stereocenters. The molecule has 0 saturated carbocycles. The number of hydrogen-bond acceptors (Lipinski definition) is 3. The average Bonchev–Trinajstić information content (AvgIpc) is 2.66. The van der Waals surface area contributed by atoms with Crippen LogP contribution in [0.25, 0.3) is 0 Å². The molecule has 2 aromatic carbocycles. The second-order valence-corrected chi connectivity index (χ2v) is 6.68. The summed E-state index contributed by atoms with van der Waals surface area (Å²) in [6.07, 6.45) is 0.0224. The summed E-state index contributed by atoms with van der Waals surface area (Å²) in [6.45, 7) is 4.06. The fourth-order valence-electron chi connectivity index (χ4n) is 3.56. The summed E-state index contributed by atoms with van der Waals surface area (Å²) >= 11 is 0. The third kappa shape index (κ3) is 3.63. The van der Waals surface area contributed by atoms with Gasteiger partial charge in [-0.25, -0.2) is 9.18 Å². The zero-order valence-electron chi connectivity index (χ0n) is 15.7. The Morgan fingerprint density at radius 3 is 2.48 bits per heavy atom. The smallest absolute Gasteiger partial charge is 0.336 e. The van der Waals surface area contributed by atoms with E-state index in [1.807, 2.05) is 31.2 Å². The number of carbonyl (C=O) groups is 2. The van der Waals surface area contributed by atoms with Crippen LogP contribution in [0.3, 0.4) is 0 Å². The van der Waals surface area contributed by atoms with E-state index < -0.39 is 17.7 Å². The molecule has 0 aliphatic carbocycles. The number of allylic oxidation sites excluding steroid dienone is 1. The first-order valence-electron chi connectivity index (χ1n) is 8.82. The van der Waals surface area contributed by atoms with Crippen molar-refractivity contribution in [1.82, 2.24) is 4.90 Å². The van der Waals surface area contributed by atoms with Crippen LogP contribution in [-0.2, 0) is 20.9 Å². The van der Waals surface area contributed by atoms with Crippen LogP contribution in [0, 0.1) is 12.7 Å². The van der Waals surface area contributed by atoms with Gasteiger partial charge in [0, 0.05) is 18.0 Å². The number of esters is 1. The first-order valence-corrected chi connectivity index (χ1v) is 8.82. The Balaban J connectivity index is 2.07. The summed E-state index contributed by atoms with van der Waals surface area (Å²) in [5, 5.41) is 0. The van der Waals surface area contributed by atoms with Crippen LogP contribution in [0.4, 0.5) is 4.39 Å². The van der Waals surface area contributed by atoms with Gasteiger partial charge in [-0.2, -0.15) is 0 Å². The standard InChI is InChI=1S/C22H22FNO3/c1-14-8-4-5-9-16(14)13-24-15(2)21(22(26)27-3)18(12-20(24)25)17-10-6-7-11-19(17)23/h4-11,18H,12-13H2,1-3H3. The topological polar surface area (TPSA) is 46.6 Å². The van der Waals surface area contributed by atoms with Crippen molar-refractivity contribution in [3.05, 3.63) is 82.3 Å². The van der Waals surface area contributed by atoms with Crippen LogP contribution in [0.15, 0.2) is 59.8 Å². The molecule has 0 saturated heterocycles. The van der Waals surface area contributed by atoms with Crippen LogP contribution < -0.4 is 0 Å². The highest BCUT2D eigenvalue weighted by molar-refractivity contribution is 5.95. The molecule has 5 heteroatoms. The summed E-state index contributed by atoms with van der Waals surface area (Å²) in [4.78, 5) is 27.0. The summed E-state index contributed by atoms with van der Waals surface area (Å²) in [5.74, 6) is -1.77.